The monoisotopic (exact) mass is 281 g/mol. The van der Waals surface area contributed by atoms with Crippen LogP contribution in [0, 0.1) is 0 Å². The van der Waals surface area contributed by atoms with E-state index in [-0.39, 0.29) is 12.1 Å². The van der Waals surface area contributed by atoms with Crippen LogP contribution in [0.4, 0.5) is 0 Å². The van der Waals surface area contributed by atoms with Gasteiger partial charge in [-0.2, -0.15) is 0 Å². The van der Waals surface area contributed by atoms with E-state index in [1.165, 1.54) is 5.56 Å². The van der Waals surface area contributed by atoms with Crippen molar-refractivity contribution in [2.24, 2.45) is 0 Å². The minimum atomic E-state index is 0.105. The fraction of sp³-hybridized carbons (Fsp3) is 0.625. The molecular weight excluding hydrogens is 254 g/mol. The van der Waals surface area contributed by atoms with Crippen molar-refractivity contribution >= 4 is 0 Å². The van der Waals surface area contributed by atoms with E-state index >= 15 is 0 Å². The molecule has 1 N–H and O–H groups in total. The smallest absolute Gasteiger partial charge is 0.119 e. The Hall–Kier alpha value is -1.10. The van der Waals surface area contributed by atoms with E-state index < -0.39 is 0 Å². The Labute approximate surface area is 122 Å². The van der Waals surface area contributed by atoms with Crippen molar-refractivity contribution < 1.29 is 14.2 Å². The first-order valence-electron chi connectivity index (χ1n) is 7.30. The van der Waals surface area contributed by atoms with Gasteiger partial charge in [-0.25, -0.2) is 0 Å². The average Bonchev–Trinajstić information content (AvgIpc) is 2.47. The molecule has 0 heterocycles. The minimum absolute atomic E-state index is 0.105. The predicted octanol–water partition coefficient (Wildman–Crippen LogP) is 2.79. The number of rotatable bonds is 10. The fourth-order valence-corrected chi connectivity index (χ4v) is 1.90. The van der Waals surface area contributed by atoms with Crippen LogP contribution in [-0.2, 0) is 9.47 Å². The molecule has 1 aromatic carbocycles. The number of benzene rings is 1. The minimum Gasteiger partial charge on any atom is -0.494 e. The summed E-state index contributed by atoms with van der Waals surface area (Å²) in [5, 5.41) is 3.27. The van der Waals surface area contributed by atoms with Gasteiger partial charge < -0.3 is 19.5 Å². The first kappa shape index (κ1) is 17.0. The summed E-state index contributed by atoms with van der Waals surface area (Å²) >= 11 is 0. The Kier molecular flexibility index (Phi) is 8.26. The zero-order valence-corrected chi connectivity index (χ0v) is 13.0. The van der Waals surface area contributed by atoms with Gasteiger partial charge in [-0.1, -0.05) is 12.1 Å². The first-order chi connectivity index (χ1) is 9.71. The maximum atomic E-state index is 5.81. The third-order valence-electron chi connectivity index (χ3n) is 3.05. The lowest BCUT2D eigenvalue weighted by atomic mass is 10.1. The summed E-state index contributed by atoms with van der Waals surface area (Å²) < 4.78 is 16.6. The van der Waals surface area contributed by atoms with Gasteiger partial charge in [0.05, 0.1) is 32.0 Å². The Morgan fingerprint density at radius 3 is 2.30 bits per heavy atom. The molecule has 0 bridgehead atoms. The van der Waals surface area contributed by atoms with E-state index in [4.69, 9.17) is 14.2 Å². The molecule has 2 unspecified atom stereocenters. The summed E-state index contributed by atoms with van der Waals surface area (Å²) in [6.45, 7) is 8.67. The summed E-state index contributed by atoms with van der Waals surface area (Å²) in [5.41, 5.74) is 1.19. The van der Waals surface area contributed by atoms with Crippen molar-refractivity contribution in [1.82, 2.24) is 5.32 Å². The second-order valence-electron chi connectivity index (χ2n) is 4.65. The molecule has 20 heavy (non-hydrogen) atoms. The summed E-state index contributed by atoms with van der Waals surface area (Å²) in [4.78, 5) is 0. The maximum Gasteiger partial charge on any atom is 0.119 e. The van der Waals surface area contributed by atoms with Crippen molar-refractivity contribution in [1.29, 1.82) is 0 Å². The number of likely N-dealkylation sites (N-methyl/N-ethyl adjacent to an activating group) is 1. The Morgan fingerprint density at radius 2 is 1.75 bits per heavy atom. The largest absolute Gasteiger partial charge is 0.494 e. The van der Waals surface area contributed by atoms with Crippen LogP contribution in [0.15, 0.2) is 24.3 Å². The van der Waals surface area contributed by atoms with E-state index in [1.54, 1.807) is 0 Å². The highest BCUT2D eigenvalue weighted by Crippen LogP contribution is 2.18. The number of nitrogens with one attached hydrogen (secondary N) is 1. The van der Waals surface area contributed by atoms with Gasteiger partial charge in [0.2, 0.25) is 0 Å². The van der Waals surface area contributed by atoms with Crippen molar-refractivity contribution in [3.8, 4) is 5.75 Å². The van der Waals surface area contributed by atoms with Crippen molar-refractivity contribution in [2.45, 2.75) is 32.9 Å². The van der Waals surface area contributed by atoms with Crippen molar-refractivity contribution in [3.05, 3.63) is 29.8 Å². The van der Waals surface area contributed by atoms with Gasteiger partial charge in [0.15, 0.2) is 0 Å². The van der Waals surface area contributed by atoms with Gasteiger partial charge >= 0.3 is 0 Å². The van der Waals surface area contributed by atoms with E-state index in [0.29, 0.717) is 19.8 Å². The van der Waals surface area contributed by atoms with Crippen LogP contribution in [-0.4, -0.2) is 39.6 Å². The third kappa shape index (κ3) is 5.90. The molecule has 2 atom stereocenters. The molecule has 4 nitrogen and oxygen atoms in total. The van der Waals surface area contributed by atoms with Gasteiger partial charge in [0, 0.05) is 6.61 Å². The number of ether oxygens (including phenoxy) is 3. The molecule has 0 aromatic heterocycles. The van der Waals surface area contributed by atoms with Crippen molar-refractivity contribution in [3.63, 3.8) is 0 Å². The number of hydrogen-bond donors (Lipinski definition) is 1. The molecule has 0 aliphatic heterocycles. The summed E-state index contributed by atoms with van der Waals surface area (Å²) in [6.07, 6.45) is 0.105. The van der Waals surface area contributed by atoms with Crippen LogP contribution in [0.2, 0.25) is 0 Å². The van der Waals surface area contributed by atoms with Crippen LogP contribution < -0.4 is 10.1 Å². The van der Waals surface area contributed by atoms with Gasteiger partial charge in [0.25, 0.3) is 0 Å². The zero-order valence-electron chi connectivity index (χ0n) is 13.0. The molecule has 4 heteroatoms. The fourth-order valence-electron chi connectivity index (χ4n) is 1.90. The molecular formula is C16H27NO3. The molecule has 0 radical (unpaired) electrons. The highest BCUT2D eigenvalue weighted by atomic mass is 16.5. The molecule has 0 spiro atoms. The van der Waals surface area contributed by atoms with Gasteiger partial charge in [0.1, 0.15) is 5.75 Å². The second-order valence-corrected chi connectivity index (χ2v) is 4.65. The molecule has 114 valence electrons. The second kappa shape index (κ2) is 9.75. The SMILES string of the molecule is CCOCC(C)OCC(NC)c1ccc(OCC)cc1. The van der Waals surface area contributed by atoms with Crippen LogP contribution in [0.25, 0.3) is 0 Å². The molecule has 0 aliphatic carbocycles. The molecule has 0 fully saturated rings. The van der Waals surface area contributed by atoms with Crippen LogP contribution in [0.3, 0.4) is 0 Å². The average molecular weight is 281 g/mol. The molecule has 0 saturated carbocycles. The standard InChI is InChI=1S/C16H27NO3/c1-5-18-11-13(3)20-12-16(17-4)14-7-9-15(10-8-14)19-6-2/h7-10,13,16-17H,5-6,11-12H2,1-4H3. The van der Waals surface area contributed by atoms with Crippen LogP contribution in [0.1, 0.15) is 32.4 Å². The lowest BCUT2D eigenvalue weighted by molar-refractivity contribution is -0.0110. The van der Waals surface area contributed by atoms with E-state index in [9.17, 15) is 0 Å². The molecule has 0 saturated heterocycles. The molecule has 1 rings (SSSR count). The first-order valence-corrected chi connectivity index (χ1v) is 7.30. The third-order valence-corrected chi connectivity index (χ3v) is 3.05. The maximum absolute atomic E-state index is 5.81. The Bertz CT molecular complexity index is 353. The summed E-state index contributed by atoms with van der Waals surface area (Å²) in [5.74, 6) is 0.900. The molecule has 0 amide bonds. The molecule has 0 aliphatic rings. The Balaban J connectivity index is 2.48. The topological polar surface area (TPSA) is 39.7 Å². The van der Waals surface area contributed by atoms with Crippen LogP contribution in [0.5, 0.6) is 5.75 Å². The normalized spacial score (nSPS) is 14.0. The highest BCUT2D eigenvalue weighted by molar-refractivity contribution is 5.29. The van der Waals surface area contributed by atoms with Gasteiger partial charge in [-0.05, 0) is 45.5 Å². The highest BCUT2D eigenvalue weighted by Gasteiger charge is 2.12. The lowest BCUT2D eigenvalue weighted by Crippen LogP contribution is -2.26. The van der Waals surface area contributed by atoms with E-state index in [0.717, 1.165) is 12.4 Å². The van der Waals surface area contributed by atoms with Gasteiger partial charge in [-0.3, -0.25) is 0 Å². The quantitative estimate of drug-likeness (QED) is 0.716. The van der Waals surface area contributed by atoms with E-state index in [1.807, 2.05) is 40.0 Å². The van der Waals surface area contributed by atoms with Crippen LogP contribution >= 0.6 is 0 Å². The number of hydrogen-bond acceptors (Lipinski definition) is 4. The lowest BCUT2D eigenvalue weighted by Gasteiger charge is -2.20. The molecule has 1 aromatic rings. The Morgan fingerprint density at radius 1 is 1.05 bits per heavy atom. The van der Waals surface area contributed by atoms with Crippen molar-refractivity contribution in [2.75, 3.05) is 33.5 Å². The summed E-state index contributed by atoms with van der Waals surface area (Å²) in [7, 11) is 1.94. The summed E-state index contributed by atoms with van der Waals surface area (Å²) in [6, 6.07) is 8.31. The van der Waals surface area contributed by atoms with E-state index in [2.05, 4.69) is 17.4 Å². The van der Waals surface area contributed by atoms with Gasteiger partial charge in [-0.15, -0.1) is 0 Å². The predicted molar refractivity (Wildman–Crippen MR) is 81.3 cm³/mol. The zero-order chi connectivity index (χ0) is 14.8.